The largest absolute Gasteiger partial charge is 0.369 e. The standard InChI is InChI=1S/C16H13BrFN3OS.C16H14FN3OS/c1-9-19-20-14-8-22-7-13-12(15(17)23-16(13)21(9)14)6-10-2-4-11(18)5-3-10;1-10-18-19-15-8-21-7-14-12(9-22-16(14)20(10)15)6-11-2-4-13(17)5-3-11/h2-5H,6-8H2,1H3;2-5,9H,6-8H2,1H3. The van der Waals surface area contributed by atoms with Gasteiger partial charge < -0.3 is 9.47 Å². The number of halogens is 3. The summed E-state index contributed by atoms with van der Waals surface area (Å²) in [6.45, 7) is 5.92. The quantitative estimate of drug-likeness (QED) is 0.188. The average molecular weight is 710 g/mol. The Balaban J connectivity index is 0.000000145. The summed E-state index contributed by atoms with van der Waals surface area (Å²) >= 11 is 7.01. The Bertz CT molecular complexity index is 1980. The number of aryl methyl sites for hydroxylation is 2. The summed E-state index contributed by atoms with van der Waals surface area (Å²) in [5, 5.41) is 21.0. The maximum Gasteiger partial charge on any atom is 0.164 e. The maximum absolute atomic E-state index is 13.1. The smallest absolute Gasteiger partial charge is 0.164 e. The molecule has 6 heterocycles. The van der Waals surface area contributed by atoms with E-state index in [4.69, 9.17) is 9.47 Å². The highest BCUT2D eigenvalue weighted by Crippen LogP contribution is 2.40. The molecule has 45 heavy (non-hydrogen) atoms. The van der Waals surface area contributed by atoms with Crippen LogP contribution >= 0.6 is 38.6 Å². The lowest BCUT2D eigenvalue weighted by Gasteiger charge is -2.06. The van der Waals surface area contributed by atoms with Gasteiger partial charge in [0.15, 0.2) is 11.6 Å². The topological polar surface area (TPSA) is 79.9 Å². The molecule has 0 aliphatic carbocycles. The lowest BCUT2D eigenvalue weighted by Crippen LogP contribution is -2.00. The van der Waals surface area contributed by atoms with Gasteiger partial charge in [-0.05, 0) is 94.5 Å². The molecule has 230 valence electrons. The van der Waals surface area contributed by atoms with Gasteiger partial charge in [-0.2, -0.15) is 0 Å². The van der Waals surface area contributed by atoms with Crippen molar-refractivity contribution in [2.75, 3.05) is 0 Å². The zero-order valence-corrected chi connectivity index (χ0v) is 27.6. The summed E-state index contributed by atoms with van der Waals surface area (Å²) < 4.78 is 42.8. The monoisotopic (exact) mass is 708 g/mol. The van der Waals surface area contributed by atoms with Crippen molar-refractivity contribution in [3.63, 3.8) is 0 Å². The van der Waals surface area contributed by atoms with Gasteiger partial charge in [-0.1, -0.05) is 24.3 Å². The normalized spacial score (nSPS) is 13.5. The van der Waals surface area contributed by atoms with E-state index >= 15 is 0 Å². The first-order valence-corrected chi connectivity index (χ1v) is 16.7. The van der Waals surface area contributed by atoms with Gasteiger partial charge in [0.1, 0.15) is 46.5 Å². The van der Waals surface area contributed by atoms with Crippen LogP contribution in [-0.4, -0.2) is 29.5 Å². The van der Waals surface area contributed by atoms with Gasteiger partial charge in [0.25, 0.3) is 0 Å². The predicted molar refractivity (Wildman–Crippen MR) is 171 cm³/mol. The third kappa shape index (κ3) is 6.02. The molecule has 0 saturated heterocycles. The minimum absolute atomic E-state index is 0.207. The molecule has 2 aromatic carbocycles. The van der Waals surface area contributed by atoms with Crippen LogP contribution in [0.1, 0.15) is 56.7 Å². The van der Waals surface area contributed by atoms with Gasteiger partial charge >= 0.3 is 0 Å². The van der Waals surface area contributed by atoms with Crippen molar-refractivity contribution in [2.45, 2.75) is 53.1 Å². The summed E-state index contributed by atoms with van der Waals surface area (Å²) in [6, 6.07) is 13.3. The van der Waals surface area contributed by atoms with Crippen molar-refractivity contribution in [3.05, 3.63) is 126 Å². The summed E-state index contributed by atoms with van der Waals surface area (Å²) in [5.41, 5.74) is 6.87. The first-order valence-electron chi connectivity index (χ1n) is 14.2. The molecule has 2 aliphatic rings. The highest BCUT2D eigenvalue weighted by Gasteiger charge is 2.25. The van der Waals surface area contributed by atoms with Crippen LogP contribution in [0.25, 0.3) is 10.0 Å². The molecule has 8 rings (SSSR count). The van der Waals surface area contributed by atoms with E-state index in [1.165, 1.54) is 41.0 Å². The van der Waals surface area contributed by atoms with Gasteiger partial charge in [0.05, 0.1) is 17.0 Å². The molecule has 2 aliphatic heterocycles. The second-order valence-corrected chi connectivity index (χ2v) is 13.9. The Labute approximate surface area is 274 Å². The fourth-order valence-electron chi connectivity index (χ4n) is 5.50. The summed E-state index contributed by atoms with van der Waals surface area (Å²) in [7, 11) is 0. The number of benzene rings is 2. The minimum atomic E-state index is -0.218. The van der Waals surface area contributed by atoms with Crippen molar-refractivity contribution in [1.82, 2.24) is 29.5 Å². The van der Waals surface area contributed by atoms with E-state index in [9.17, 15) is 8.78 Å². The SMILES string of the molecule is Cc1nnc2n1-c1sc(Br)c(Cc3ccc(F)cc3)c1COC2.Cc1nnc2n1-c1scc(Cc3ccc(F)cc3)c1COC2. The van der Waals surface area contributed by atoms with E-state index in [2.05, 4.69) is 50.8 Å². The van der Waals surface area contributed by atoms with Gasteiger partial charge in [-0.3, -0.25) is 9.13 Å². The van der Waals surface area contributed by atoms with Crippen LogP contribution in [0.15, 0.2) is 57.7 Å². The number of thiophene rings is 2. The van der Waals surface area contributed by atoms with Gasteiger partial charge in [-0.15, -0.1) is 43.1 Å². The molecule has 0 radical (unpaired) electrons. The van der Waals surface area contributed by atoms with Crippen molar-refractivity contribution in [2.24, 2.45) is 0 Å². The van der Waals surface area contributed by atoms with Crippen LogP contribution in [0.3, 0.4) is 0 Å². The molecule has 0 spiro atoms. The van der Waals surface area contributed by atoms with Crippen LogP contribution in [-0.2, 0) is 48.7 Å². The Hall–Kier alpha value is -3.62. The van der Waals surface area contributed by atoms with Gasteiger partial charge in [0, 0.05) is 11.1 Å². The predicted octanol–water partition coefficient (Wildman–Crippen LogP) is 7.56. The van der Waals surface area contributed by atoms with E-state index in [1.807, 2.05) is 38.1 Å². The fraction of sp³-hybridized carbons (Fsp3) is 0.250. The van der Waals surface area contributed by atoms with Crippen molar-refractivity contribution in [3.8, 4) is 10.0 Å². The number of hydrogen-bond acceptors (Lipinski definition) is 8. The van der Waals surface area contributed by atoms with Gasteiger partial charge in [0.2, 0.25) is 0 Å². The Morgan fingerprint density at radius 1 is 0.711 bits per heavy atom. The number of hydrogen-bond donors (Lipinski definition) is 0. The minimum Gasteiger partial charge on any atom is -0.369 e. The molecule has 6 aromatic rings. The van der Waals surface area contributed by atoms with E-state index in [0.29, 0.717) is 26.4 Å². The molecule has 0 bridgehead atoms. The van der Waals surface area contributed by atoms with Crippen molar-refractivity contribution in [1.29, 1.82) is 0 Å². The molecule has 0 unspecified atom stereocenters. The Kier molecular flexibility index (Phi) is 8.44. The molecule has 13 heteroatoms. The van der Waals surface area contributed by atoms with Crippen LogP contribution in [0.2, 0.25) is 0 Å². The summed E-state index contributed by atoms with van der Waals surface area (Å²) in [6.07, 6.45) is 1.50. The summed E-state index contributed by atoms with van der Waals surface area (Å²) in [4.78, 5) is 0. The average Bonchev–Trinajstić information content (AvgIpc) is 3.71. The van der Waals surface area contributed by atoms with Crippen LogP contribution in [0.4, 0.5) is 8.78 Å². The summed E-state index contributed by atoms with van der Waals surface area (Å²) in [5.74, 6) is 2.96. The highest BCUT2D eigenvalue weighted by atomic mass is 79.9. The molecule has 0 atom stereocenters. The molecule has 0 amide bonds. The van der Waals surface area contributed by atoms with Crippen molar-refractivity contribution < 1.29 is 18.3 Å². The third-order valence-corrected chi connectivity index (χ3v) is 10.8. The van der Waals surface area contributed by atoms with Crippen LogP contribution < -0.4 is 0 Å². The first-order chi connectivity index (χ1) is 21.9. The first kappa shape index (κ1) is 30.1. The second kappa shape index (κ2) is 12.6. The maximum atomic E-state index is 13.1. The highest BCUT2D eigenvalue weighted by molar-refractivity contribution is 9.11. The van der Waals surface area contributed by atoms with E-state index in [1.54, 1.807) is 22.7 Å². The second-order valence-electron chi connectivity index (χ2n) is 10.8. The van der Waals surface area contributed by atoms with Crippen LogP contribution in [0, 0.1) is 25.5 Å². The van der Waals surface area contributed by atoms with Crippen molar-refractivity contribution >= 4 is 38.6 Å². The lowest BCUT2D eigenvalue weighted by molar-refractivity contribution is 0.104. The zero-order chi connectivity index (χ0) is 31.1. The number of aromatic nitrogens is 6. The number of nitrogens with zero attached hydrogens (tertiary/aromatic N) is 6. The molecule has 0 N–H and O–H groups in total. The molecule has 8 nitrogen and oxygen atoms in total. The van der Waals surface area contributed by atoms with E-state index in [-0.39, 0.29) is 11.6 Å². The van der Waals surface area contributed by atoms with E-state index in [0.717, 1.165) is 66.6 Å². The molecule has 4 aromatic heterocycles. The Morgan fingerprint density at radius 2 is 1.24 bits per heavy atom. The number of fused-ring (bicyclic) bond motifs is 6. The number of ether oxygens (including phenoxy) is 2. The van der Waals surface area contributed by atoms with Gasteiger partial charge in [-0.25, -0.2) is 8.78 Å². The number of rotatable bonds is 4. The molecular formula is C32H27BrF2N6O2S2. The van der Waals surface area contributed by atoms with Crippen LogP contribution in [0.5, 0.6) is 0 Å². The van der Waals surface area contributed by atoms with E-state index < -0.39 is 0 Å². The molecular weight excluding hydrogens is 682 g/mol. The lowest BCUT2D eigenvalue weighted by atomic mass is 10.0. The zero-order valence-electron chi connectivity index (χ0n) is 24.4. The Morgan fingerprint density at radius 3 is 1.84 bits per heavy atom. The molecule has 0 fully saturated rings. The third-order valence-electron chi connectivity index (χ3n) is 7.75. The fourth-order valence-corrected chi connectivity index (χ4v) is 8.62. The molecule has 0 saturated carbocycles.